The van der Waals surface area contributed by atoms with Gasteiger partial charge < -0.3 is 14.8 Å². The van der Waals surface area contributed by atoms with Crippen LogP contribution in [0.3, 0.4) is 0 Å². The number of hydrogen-bond donors (Lipinski definition) is 2. The van der Waals surface area contributed by atoms with Gasteiger partial charge in [-0.05, 0) is 12.8 Å². The fourth-order valence-electron chi connectivity index (χ4n) is 1.76. The van der Waals surface area contributed by atoms with Gasteiger partial charge >= 0.3 is 45.1 Å². The van der Waals surface area contributed by atoms with E-state index in [4.69, 9.17) is 4.55 Å². The number of rotatable bonds is 11. The van der Waals surface area contributed by atoms with Gasteiger partial charge in [-0.15, -0.1) is 0 Å². The molecule has 0 saturated heterocycles. The largest absolute Gasteiger partial charge is 0.466 e. The molecule has 0 heterocycles. The lowest BCUT2D eigenvalue weighted by atomic mass is 10.1. The summed E-state index contributed by atoms with van der Waals surface area (Å²) in [5.41, 5.74) is 0. The molecule has 176 valence electrons. The van der Waals surface area contributed by atoms with Crippen LogP contribution in [-0.4, -0.2) is 61.6 Å². The highest BCUT2D eigenvalue weighted by atomic mass is 32.2. The number of esters is 1. The van der Waals surface area contributed by atoms with Crippen molar-refractivity contribution in [2.45, 2.75) is 42.4 Å². The Kier molecular flexibility index (Phi) is 8.79. The van der Waals surface area contributed by atoms with Gasteiger partial charge in [-0.1, -0.05) is 6.58 Å². The second kappa shape index (κ2) is 9.42. The molecule has 1 amide bonds. The maximum Gasteiger partial charge on any atom is 0.466 e. The van der Waals surface area contributed by atoms with E-state index in [-0.39, 0.29) is 0 Å². The molecule has 0 fully saturated rings. The van der Waals surface area contributed by atoms with Gasteiger partial charge in [0.25, 0.3) is 0 Å². The highest BCUT2D eigenvalue weighted by Gasteiger charge is 2.67. The number of nitrogens with one attached hydrogen (secondary N) is 1. The van der Waals surface area contributed by atoms with Crippen molar-refractivity contribution in [2.75, 3.05) is 13.7 Å². The summed E-state index contributed by atoms with van der Waals surface area (Å²) < 4.78 is 142. The molecule has 0 rings (SSSR count). The topological polar surface area (TPSA) is 119 Å². The molecular weight excluding hydrogens is 466 g/mol. The van der Waals surface area contributed by atoms with Gasteiger partial charge in [0.05, 0.1) is 6.61 Å². The molecule has 0 bridgehead atoms. The number of amides is 1. The van der Waals surface area contributed by atoms with Crippen LogP contribution in [0.1, 0.15) is 19.3 Å². The van der Waals surface area contributed by atoms with Crippen LogP contribution in [0.15, 0.2) is 12.4 Å². The molecule has 0 saturated carbocycles. The first-order chi connectivity index (χ1) is 13.3. The second-order valence-corrected chi connectivity index (χ2v) is 6.95. The van der Waals surface area contributed by atoms with Crippen molar-refractivity contribution in [3.05, 3.63) is 12.4 Å². The van der Waals surface area contributed by atoms with Gasteiger partial charge in [0, 0.05) is 13.5 Å². The van der Waals surface area contributed by atoms with Gasteiger partial charge in [-0.3, -0.25) is 9.35 Å². The van der Waals surface area contributed by atoms with Crippen molar-refractivity contribution in [3.8, 4) is 0 Å². The first-order valence-electron chi connectivity index (χ1n) is 7.50. The normalized spacial score (nSPS) is 15.3. The van der Waals surface area contributed by atoms with Gasteiger partial charge in [0.15, 0.2) is 0 Å². The van der Waals surface area contributed by atoms with Gasteiger partial charge in [0.2, 0.25) is 5.83 Å². The molecule has 30 heavy (non-hydrogen) atoms. The third kappa shape index (κ3) is 6.00. The number of unbranched alkanes of at least 4 members (excludes halogenated alkanes) is 1. The standard InChI is InChI=1S/C13H15F8NO7S/c1-7(14)8(23)29-11(9(24)22-2,12(17,18)19)28-6-4-3-5-10(15,16)13(20,21)30(25,26)27/h1,3-6H2,2H3,(H,22,24)(H,25,26,27). The van der Waals surface area contributed by atoms with E-state index in [0.717, 1.165) is 0 Å². The molecule has 0 aliphatic heterocycles. The van der Waals surface area contributed by atoms with E-state index in [0.29, 0.717) is 7.05 Å². The molecule has 0 radical (unpaired) electrons. The maximum absolute atomic E-state index is 13.3. The lowest BCUT2D eigenvalue weighted by Gasteiger charge is -2.32. The fraction of sp³-hybridized carbons (Fsp3) is 0.692. The minimum Gasteiger partial charge on any atom is -0.410 e. The van der Waals surface area contributed by atoms with Crippen molar-refractivity contribution < 1.29 is 67.2 Å². The molecule has 0 spiro atoms. The number of likely N-dealkylation sites (N-methyl/N-ethyl adjacent to an activating group) is 1. The zero-order chi connectivity index (χ0) is 24.2. The molecule has 1 unspecified atom stereocenters. The van der Waals surface area contributed by atoms with E-state index in [2.05, 4.69) is 16.1 Å². The summed E-state index contributed by atoms with van der Waals surface area (Å²) in [6, 6.07) is 0. The van der Waals surface area contributed by atoms with E-state index < -0.39 is 76.8 Å². The van der Waals surface area contributed by atoms with E-state index in [1.54, 1.807) is 0 Å². The molecule has 0 aromatic heterocycles. The number of carbonyl (C=O) groups excluding carboxylic acids is 2. The Morgan fingerprint density at radius 1 is 1.07 bits per heavy atom. The predicted octanol–water partition coefficient (Wildman–Crippen LogP) is 2.32. The molecule has 1 atom stereocenters. The molecule has 17 heteroatoms. The summed E-state index contributed by atoms with van der Waals surface area (Å²) in [4.78, 5) is 22.7. The molecule has 0 aliphatic carbocycles. The molecule has 8 nitrogen and oxygen atoms in total. The van der Waals surface area contributed by atoms with Crippen molar-refractivity contribution >= 4 is 22.0 Å². The third-order valence-electron chi connectivity index (χ3n) is 3.30. The average Bonchev–Trinajstić information content (AvgIpc) is 2.56. The minimum absolute atomic E-state index is 0.655. The lowest BCUT2D eigenvalue weighted by molar-refractivity contribution is -0.347. The Morgan fingerprint density at radius 2 is 1.57 bits per heavy atom. The van der Waals surface area contributed by atoms with Crippen LogP contribution >= 0.6 is 0 Å². The Balaban J connectivity index is 5.35. The Hall–Kier alpha value is -2.01. The maximum atomic E-state index is 13.3. The number of hydrogen-bond acceptors (Lipinski definition) is 6. The average molecular weight is 481 g/mol. The van der Waals surface area contributed by atoms with Gasteiger partial charge in [0.1, 0.15) is 0 Å². The van der Waals surface area contributed by atoms with Crippen molar-refractivity contribution in [1.29, 1.82) is 0 Å². The van der Waals surface area contributed by atoms with E-state index in [1.807, 2.05) is 0 Å². The zero-order valence-electron chi connectivity index (χ0n) is 14.9. The smallest absolute Gasteiger partial charge is 0.410 e. The first kappa shape index (κ1) is 28.0. The number of ether oxygens (including phenoxy) is 2. The minimum atomic E-state index is -6.50. The van der Waals surface area contributed by atoms with Crippen LogP contribution in [0.4, 0.5) is 35.1 Å². The van der Waals surface area contributed by atoms with Gasteiger partial charge in [-0.2, -0.15) is 43.5 Å². The highest BCUT2D eigenvalue weighted by Crippen LogP contribution is 2.42. The summed E-state index contributed by atoms with van der Waals surface area (Å²) in [6.07, 6.45) is -9.74. The van der Waals surface area contributed by atoms with E-state index in [1.165, 1.54) is 5.32 Å². The highest BCUT2D eigenvalue weighted by molar-refractivity contribution is 7.87. The summed E-state index contributed by atoms with van der Waals surface area (Å²) in [5, 5.41) is -4.45. The van der Waals surface area contributed by atoms with E-state index >= 15 is 0 Å². The summed E-state index contributed by atoms with van der Waals surface area (Å²) in [6.45, 7) is 1.05. The quantitative estimate of drug-likeness (QED) is 0.116. The van der Waals surface area contributed by atoms with Crippen LogP contribution in [-0.2, 0) is 29.2 Å². The SMILES string of the molecule is C=C(F)C(=O)OC(OCCCCC(F)(F)C(F)(F)S(=O)(=O)O)(C(=O)NC)C(F)(F)F. The van der Waals surface area contributed by atoms with Crippen LogP contribution in [0.2, 0.25) is 0 Å². The monoisotopic (exact) mass is 481 g/mol. The van der Waals surface area contributed by atoms with Crippen molar-refractivity contribution in [2.24, 2.45) is 0 Å². The molecule has 0 aromatic carbocycles. The number of halogens is 8. The molecule has 2 N–H and O–H groups in total. The Bertz CT molecular complexity index is 768. The zero-order valence-corrected chi connectivity index (χ0v) is 15.7. The van der Waals surface area contributed by atoms with Crippen LogP contribution in [0.5, 0.6) is 0 Å². The second-order valence-electron chi connectivity index (χ2n) is 5.49. The van der Waals surface area contributed by atoms with Crippen molar-refractivity contribution in [1.82, 2.24) is 5.32 Å². The molecule has 0 aliphatic rings. The third-order valence-corrected chi connectivity index (χ3v) is 4.24. The predicted molar refractivity (Wildman–Crippen MR) is 80.4 cm³/mol. The summed E-state index contributed by atoms with van der Waals surface area (Å²) in [7, 11) is -5.84. The summed E-state index contributed by atoms with van der Waals surface area (Å²) >= 11 is 0. The number of carbonyl (C=O) groups is 2. The van der Waals surface area contributed by atoms with Crippen LogP contribution in [0, 0.1) is 0 Å². The fourth-order valence-corrected chi connectivity index (χ4v) is 2.24. The van der Waals surface area contributed by atoms with Crippen LogP contribution < -0.4 is 5.32 Å². The van der Waals surface area contributed by atoms with Gasteiger partial charge in [-0.25, -0.2) is 4.79 Å². The van der Waals surface area contributed by atoms with E-state index in [9.17, 15) is 53.1 Å². The molecule has 0 aromatic rings. The van der Waals surface area contributed by atoms with Crippen molar-refractivity contribution in [3.63, 3.8) is 0 Å². The lowest BCUT2D eigenvalue weighted by Crippen LogP contribution is -2.61. The Morgan fingerprint density at radius 3 is 1.93 bits per heavy atom. The number of alkyl halides is 7. The first-order valence-corrected chi connectivity index (χ1v) is 8.94. The Labute approximate surface area is 163 Å². The van der Waals surface area contributed by atoms with Crippen LogP contribution in [0.25, 0.3) is 0 Å². The summed E-state index contributed by atoms with van der Waals surface area (Å²) in [5.74, 6) is -16.2. The molecular formula is C13H15F8NO7S.